The molecule has 0 radical (unpaired) electrons. The number of rotatable bonds is 4. The van der Waals surface area contributed by atoms with Gasteiger partial charge < -0.3 is 4.74 Å². The largest absolute Gasteiger partial charge is 0.466 e. The molecular formula is C14H13NO4. The zero-order valence-electron chi connectivity index (χ0n) is 10.5. The number of fused-ring (bicyclic) bond motifs is 1. The van der Waals surface area contributed by atoms with E-state index in [1.54, 1.807) is 25.1 Å². The minimum Gasteiger partial charge on any atom is -0.466 e. The number of benzene rings is 2. The molecule has 0 fully saturated rings. The van der Waals surface area contributed by atoms with Crippen LogP contribution in [0.2, 0.25) is 0 Å². The van der Waals surface area contributed by atoms with Gasteiger partial charge in [-0.2, -0.15) is 0 Å². The predicted octanol–water partition coefficient (Wildman–Crippen LogP) is 2.85. The first-order valence-corrected chi connectivity index (χ1v) is 5.94. The van der Waals surface area contributed by atoms with Gasteiger partial charge in [-0.1, -0.05) is 24.3 Å². The number of hydrogen-bond donors (Lipinski definition) is 0. The summed E-state index contributed by atoms with van der Waals surface area (Å²) in [6.45, 7) is 1.97. The molecule has 0 heterocycles. The summed E-state index contributed by atoms with van der Waals surface area (Å²) in [6, 6.07) is 10.4. The molecule has 0 spiro atoms. The second-order valence-corrected chi connectivity index (χ2v) is 4.02. The zero-order chi connectivity index (χ0) is 13.8. The van der Waals surface area contributed by atoms with Crippen molar-refractivity contribution in [2.24, 2.45) is 0 Å². The van der Waals surface area contributed by atoms with E-state index in [-0.39, 0.29) is 18.7 Å². The minimum atomic E-state index is -0.471. The van der Waals surface area contributed by atoms with Crippen LogP contribution in [0.1, 0.15) is 12.5 Å². The number of nitro groups is 1. The van der Waals surface area contributed by atoms with Crippen molar-refractivity contribution >= 4 is 22.4 Å². The van der Waals surface area contributed by atoms with E-state index in [1.807, 2.05) is 12.1 Å². The average Bonchev–Trinajstić information content (AvgIpc) is 2.39. The number of nitrogens with zero attached hydrogens (tertiary/aromatic N) is 1. The molecule has 0 bridgehead atoms. The molecule has 2 aromatic carbocycles. The molecule has 0 unspecified atom stereocenters. The monoisotopic (exact) mass is 259 g/mol. The molecule has 98 valence electrons. The maximum absolute atomic E-state index is 11.6. The van der Waals surface area contributed by atoms with Gasteiger partial charge in [-0.15, -0.1) is 0 Å². The molecular weight excluding hydrogens is 246 g/mol. The molecule has 2 rings (SSSR count). The van der Waals surface area contributed by atoms with Crippen LogP contribution >= 0.6 is 0 Å². The van der Waals surface area contributed by atoms with Crippen molar-refractivity contribution in [3.63, 3.8) is 0 Å². The molecule has 0 aromatic heterocycles. The van der Waals surface area contributed by atoms with Gasteiger partial charge in [-0.25, -0.2) is 0 Å². The normalized spacial score (nSPS) is 10.4. The van der Waals surface area contributed by atoms with Gasteiger partial charge in [0.05, 0.1) is 18.0 Å². The fourth-order valence-electron chi connectivity index (χ4n) is 2.04. The summed E-state index contributed by atoms with van der Waals surface area (Å²) in [7, 11) is 0. The topological polar surface area (TPSA) is 69.4 Å². The number of esters is 1. The highest BCUT2D eigenvalue weighted by atomic mass is 16.6. The fraction of sp³-hybridized carbons (Fsp3) is 0.214. The van der Waals surface area contributed by atoms with Gasteiger partial charge in [0.2, 0.25) is 0 Å². The second kappa shape index (κ2) is 5.48. The Labute approximate surface area is 110 Å². The van der Waals surface area contributed by atoms with Crippen LogP contribution in [0.4, 0.5) is 5.69 Å². The third-order valence-corrected chi connectivity index (χ3v) is 2.84. The third-order valence-electron chi connectivity index (χ3n) is 2.84. The quantitative estimate of drug-likeness (QED) is 0.481. The minimum absolute atomic E-state index is 0.0493. The highest BCUT2D eigenvalue weighted by molar-refractivity contribution is 5.92. The van der Waals surface area contributed by atoms with E-state index in [0.29, 0.717) is 10.9 Å². The van der Waals surface area contributed by atoms with Crippen molar-refractivity contribution in [3.8, 4) is 0 Å². The van der Waals surface area contributed by atoms with Gasteiger partial charge in [0.15, 0.2) is 0 Å². The van der Waals surface area contributed by atoms with E-state index in [4.69, 9.17) is 4.74 Å². The Morgan fingerprint density at radius 1 is 1.26 bits per heavy atom. The van der Waals surface area contributed by atoms with Crippen LogP contribution in [0.3, 0.4) is 0 Å². The van der Waals surface area contributed by atoms with Gasteiger partial charge in [-0.05, 0) is 23.8 Å². The molecule has 0 aliphatic rings. The molecule has 0 aliphatic carbocycles. The standard InChI is InChI=1S/C14H13NO4/c1-2-19-14(16)9-12-11-6-4-3-5-10(11)7-8-13(12)15(17)18/h3-8H,2,9H2,1H3. The predicted molar refractivity (Wildman–Crippen MR) is 70.9 cm³/mol. The van der Waals surface area contributed by atoms with Crippen molar-refractivity contribution < 1.29 is 14.5 Å². The summed E-state index contributed by atoms with van der Waals surface area (Å²) < 4.78 is 4.87. The number of hydrogen-bond acceptors (Lipinski definition) is 4. The highest BCUT2D eigenvalue weighted by Crippen LogP contribution is 2.28. The lowest BCUT2D eigenvalue weighted by Gasteiger charge is -2.07. The van der Waals surface area contributed by atoms with E-state index >= 15 is 0 Å². The van der Waals surface area contributed by atoms with Crippen molar-refractivity contribution in [2.75, 3.05) is 6.61 Å². The number of carbonyl (C=O) groups is 1. The lowest BCUT2D eigenvalue weighted by Crippen LogP contribution is -2.09. The van der Waals surface area contributed by atoms with Crippen LogP contribution in [0.15, 0.2) is 36.4 Å². The Hall–Kier alpha value is -2.43. The highest BCUT2D eigenvalue weighted by Gasteiger charge is 2.19. The van der Waals surface area contributed by atoms with E-state index in [9.17, 15) is 14.9 Å². The van der Waals surface area contributed by atoms with Crippen LogP contribution in [-0.2, 0) is 16.0 Å². The Morgan fingerprint density at radius 2 is 2.00 bits per heavy atom. The molecule has 19 heavy (non-hydrogen) atoms. The fourth-order valence-corrected chi connectivity index (χ4v) is 2.04. The van der Waals surface area contributed by atoms with Gasteiger partial charge in [0.25, 0.3) is 5.69 Å². The third kappa shape index (κ3) is 2.70. The van der Waals surface area contributed by atoms with Crippen LogP contribution < -0.4 is 0 Å². The number of ether oxygens (including phenoxy) is 1. The lowest BCUT2D eigenvalue weighted by atomic mass is 10.0. The van der Waals surface area contributed by atoms with Gasteiger partial charge in [0.1, 0.15) is 0 Å². The van der Waals surface area contributed by atoms with E-state index < -0.39 is 10.9 Å². The Morgan fingerprint density at radius 3 is 2.68 bits per heavy atom. The smallest absolute Gasteiger partial charge is 0.310 e. The molecule has 0 amide bonds. The van der Waals surface area contributed by atoms with Crippen molar-refractivity contribution in [2.45, 2.75) is 13.3 Å². The number of nitro benzene ring substituents is 1. The van der Waals surface area contributed by atoms with Crippen molar-refractivity contribution in [1.82, 2.24) is 0 Å². The summed E-state index contributed by atoms with van der Waals surface area (Å²) in [5.74, 6) is -0.457. The second-order valence-electron chi connectivity index (χ2n) is 4.02. The van der Waals surface area contributed by atoms with Crippen LogP contribution in [0, 0.1) is 10.1 Å². The summed E-state index contributed by atoms with van der Waals surface area (Å²) in [4.78, 5) is 22.2. The first-order chi connectivity index (χ1) is 9.13. The summed E-state index contributed by atoms with van der Waals surface area (Å²) >= 11 is 0. The molecule has 0 atom stereocenters. The van der Waals surface area contributed by atoms with E-state index in [2.05, 4.69) is 0 Å². The average molecular weight is 259 g/mol. The van der Waals surface area contributed by atoms with Crippen molar-refractivity contribution in [1.29, 1.82) is 0 Å². The first-order valence-electron chi connectivity index (χ1n) is 5.94. The zero-order valence-corrected chi connectivity index (χ0v) is 10.5. The first kappa shape index (κ1) is 13.0. The van der Waals surface area contributed by atoms with Gasteiger partial charge in [0, 0.05) is 11.6 Å². The Bertz CT molecular complexity index is 636. The molecule has 0 N–H and O–H groups in total. The Balaban J connectivity index is 2.56. The maximum Gasteiger partial charge on any atom is 0.310 e. The van der Waals surface area contributed by atoms with Crippen molar-refractivity contribution in [3.05, 3.63) is 52.1 Å². The van der Waals surface area contributed by atoms with Crippen LogP contribution in [0.5, 0.6) is 0 Å². The SMILES string of the molecule is CCOC(=O)Cc1c([N+](=O)[O-])ccc2ccccc12. The van der Waals surface area contributed by atoms with Gasteiger partial charge in [-0.3, -0.25) is 14.9 Å². The molecule has 0 saturated heterocycles. The molecule has 5 heteroatoms. The summed E-state index contributed by atoms with van der Waals surface area (Å²) in [5.41, 5.74) is 0.355. The van der Waals surface area contributed by atoms with E-state index in [1.165, 1.54) is 6.07 Å². The van der Waals surface area contributed by atoms with E-state index in [0.717, 1.165) is 5.39 Å². The lowest BCUT2D eigenvalue weighted by molar-refractivity contribution is -0.385. The van der Waals surface area contributed by atoms with Crippen LogP contribution in [0.25, 0.3) is 10.8 Å². The molecule has 5 nitrogen and oxygen atoms in total. The van der Waals surface area contributed by atoms with Gasteiger partial charge >= 0.3 is 5.97 Å². The summed E-state index contributed by atoms with van der Waals surface area (Å²) in [6.07, 6.45) is -0.0918. The maximum atomic E-state index is 11.6. The van der Waals surface area contributed by atoms with Crippen LogP contribution in [-0.4, -0.2) is 17.5 Å². The summed E-state index contributed by atoms with van der Waals surface area (Å²) in [5, 5.41) is 12.6. The molecule has 0 saturated carbocycles. The Kier molecular flexibility index (Phi) is 3.75. The molecule has 0 aliphatic heterocycles. The molecule has 2 aromatic rings. The number of carbonyl (C=O) groups excluding carboxylic acids is 1.